The number of rotatable bonds is 2. The van der Waals surface area contributed by atoms with E-state index in [4.69, 9.17) is 5.73 Å². The normalized spacial score (nSPS) is 16.9. The highest BCUT2D eigenvalue weighted by molar-refractivity contribution is 5.95. The van der Waals surface area contributed by atoms with E-state index in [9.17, 15) is 4.79 Å². The number of nitrogens with two attached hydrogens (primary N) is 1. The van der Waals surface area contributed by atoms with Crippen LogP contribution in [0.2, 0.25) is 0 Å². The fourth-order valence-corrected chi connectivity index (χ4v) is 2.31. The summed E-state index contributed by atoms with van der Waals surface area (Å²) in [5.74, 6) is 1.25. The molecule has 1 aromatic rings. The lowest BCUT2D eigenvalue weighted by Gasteiger charge is -2.30. The molecule has 0 aliphatic carbocycles. The molecule has 0 saturated carbocycles. The number of pyridine rings is 1. The molecule has 0 radical (unpaired) electrons. The molecule has 1 amide bonds. The zero-order chi connectivity index (χ0) is 13.1. The highest BCUT2D eigenvalue weighted by atomic mass is 16.2. The van der Waals surface area contributed by atoms with Crippen LogP contribution in [0.1, 0.15) is 42.7 Å². The molecule has 0 bridgehead atoms. The van der Waals surface area contributed by atoms with Crippen molar-refractivity contribution < 1.29 is 4.79 Å². The summed E-state index contributed by atoms with van der Waals surface area (Å²) in [6.45, 7) is 5.95. The Morgan fingerprint density at radius 3 is 2.72 bits per heavy atom. The molecule has 2 heterocycles. The Balaban J connectivity index is 2.15. The largest absolute Gasteiger partial charge is 0.384 e. The Morgan fingerprint density at radius 2 is 2.11 bits per heavy atom. The summed E-state index contributed by atoms with van der Waals surface area (Å²) in [6, 6.07) is 3.54. The number of hydrogen-bond acceptors (Lipinski definition) is 3. The maximum Gasteiger partial charge on any atom is 0.254 e. The van der Waals surface area contributed by atoms with Crippen LogP contribution in [0.5, 0.6) is 0 Å². The third-order valence-corrected chi connectivity index (χ3v) is 3.58. The van der Waals surface area contributed by atoms with E-state index in [0.29, 0.717) is 11.4 Å². The van der Waals surface area contributed by atoms with E-state index in [2.05, 4.69) is 11.9 Å². The third-order valence-electron chi connectivity index (χ3n) is 3.58. The molecule has 1 aromatic heterocycles. The quantitative estimate of drug-likeness (QED) is 0.870. The number of nitrogen functional groups attached to an aromatic ring is 1. The van der Waals surface area contributed by atoms with Crippen LogP contribution in [0.3, 0.4) is 0 Å². The fourth-order valence-electron chi connectivity index (χ4n) is 2.31. The molecule has 2 N–H and O–H groups in total. The van der Waals surface area contributed by atoms with E-state index in [1.807, 2.05) is 17.9 Å². The number of piperidine rings is 1. The van der Waals surface area contributed by atoms with Gasteiger partial charge in [-0.2, -0.15) is 0 Å². The number of nitrogens with zero attached hydrogens (tertiary/aromatic N) is 2. The van der Waals surface area contributed by atoms with E-state index in [0.717, 1.165) is 44.0 Å². The van der Waals surface area contributed by atoms with Gasteiger partial charge in [0.1, 0.15) is 5.82 Å². The lowest BCUT2D eigenvalue weighted by atomic mass is 9.98. The van der Waals surface area contributed by atoms with Gasteiger partial charge in [0, 0.05) is 24.3 Å². The standard InChI is InChI=1S/C14H21N3O/c1-3-12-8-11(9-13(15)16-12)14(18)17-6-4-10(2)5-7-17/h8-10H,3-7H2,1-2H3,(H2,15,16). The summed E-state index contributed by atoms with van der Waals surface area (Å²) in [7, 11) is 0. The van der Waals surface area contributed by atoms with Gasteiger partial charge in [-0.3, -0.25) is 4.79 Å². The lowest BCUT2D eigenvalue weighted by Crippen LogP contribution is -2.38. The molecule has 0 aromatic carbocycles. The molecule has 1 saturated heterocycles. The highest BCUT2D eigenvalue weighted by Gasteiger charge is 2.21. The average molecular weight is 247 g/mol. The van der Waals surface area contributed by atoms with Crippen LogP contribution in [0, 0.1) is 5.92 Å². The molecule has 18 heavy (non-hydrogen) atoms. The second-order valence-corrected chi connectivity index (χ2v) is 5.10. The molecule has 2 rings (SSSR count). The van der Waals surface area contributed by atoms with Crippen LogP contribution in [-0.4, -0.2) is 28.9 Å². The number of carbonyl (C=O) groups excluding carboxylic acids is 1. The summed E-state index contributed by atoms with van der Waals surface area (Å²) in [4.78, 5) is 18.5. The maximum absolute atomic E-state index is 12.4. The van der Waals surface area contributed by atoms with Crippen molar-refractivity contribution in [2.75, 3.05) is 18.8 Å². The minimum atomic E-state index is 0.0886. The van der Waals surface area contributed by atoms with E-state index in [-0.39, 0.29) is 5.91 Å². The third kappa shape index (κ3) is 2.81. The van der Waals surface area contributed by atoms with Crippen LogP contribution in [0.15, 0.2) is 12.1 Å². The molecule has 0 atom stereocenters. The minimum absolute atomic E-state index is 0.0886. The first-order chi connectivity index (χ1) is 8.60. The van der Waals surface area contributed by atoms with Crippen molar-refractivity contribution >= 4 is 11.7 Å². The molecular formula is C14H21N3O. The van der Waals surface area contributed by atoms with Gasteiger partial charge in [-0.15, -0.1) is 0 Å². The highest BCUT2D eigenvalue weighted by Crippen LogP contribution is 2.19. The van der Waals surface area contributed by atoms with Gasteiger partial charge in [0.15, 0.2) is 0 Å². The molecule has 4 heteroatoms. The van der Waals surface area contributed by atoms with Gasteiger partial charge in [-0.05, 0) is 37.3 Å². The first-order valence-electron chi connectivity index (χ1n) is 6.66. The van der Waals surface area contributed by atoms with Crippen molar-refractivity contribution in [3.63, 3.8) is 0 Å². The van der Waals surface area contributed by atoms with Gasteiger partial charge in [-0.25, -0.2) is 4.98 Å². The smallest absolute Gasteiger partial charge is 0.254 e. The summed E-state index contributed by atoms with van der Waals surface area (Å²) >= 11 is 0. The predicted octanol–water partition coefficient (Wildman–Crippen LogP) is 2.10. The van der Waals surface area contributed by atoms with Crippen LogP contribution in [-0.2, 0) is 6.42 Å². The van der Waals surface area contributed by atoms with Gasteiger partial charge >= 0.3 is 0 Å². The van der Waals surface area contributed by atoms with Crippen molar-refractivity contribution in [2.24, 2.45) is 5.92 Å². The van der Waals surface area contributed by atoms with Gasteiger partial charge in [0.25, 0.3) is 5.91 Å². The number of carbonyl (C=O) groups is 1. The van der Waals surface area contributed by atoms with E-state index < -0.39 is 0 Å². The summed E-state index contributed by atoms with van der Waals surface area (Å²) in [5, 5.41) is 0. The van der Waals surface area contributed by atoms with Gasteiger partial charge in [0.05, 0.1) is 0 Å². The van der Waals surface area contributed by atoms with Crippen LogP contribution in [0.4, 0.5) is 5.82 Å². The van der Waals surface area contributed by atoms with Gasteiger partial charge in [0.2, 0.25) is 0 Å². The molecule has 1 aliphatic rings. The van der Waals surface area contributed by atoms with Crippen molar-refractivity contribution in [2.45, 2.75) is 33.1 Å². The number of aromatic nitrogens is 1. The average Bonchev–Trinajstić information content (AvgIpc) is 2.38. The molecular weight excluding hydrogens is 226 g/mol. The van der Waals surface area contributed by atoms with E-state index >= 15 is 0 Å². The topological polar surface area (TPSA) is 59.2 Å². The monoisotopic (exact) mass is 247 g/mol. The Morgan fingerprint density at radius 1 is 1.44 bits per heavy atom. The van der Waals surface area contributed by atoms with Crippen molar-refractivity contribution in [1.82, 2.24) is 9.88 Å². The molecule has 1 fully saturated rings. The van der Waals surface area contributed by atoms with Crippen LogP contribution < -0.4 is 5.73 Å². The molecule has 0 unspecified atom stereocenters. The molecule has 0 spiro atoms. The van der Waals surface area contributed by atoms with Crippen molar-refractivity contribution in [1.29, 1.82) is 0 Å². The lowest BCUT2D eigenvalue weighted by molar-refractivity contribution is 0.0697. The Kier molecular flexibility index (Phi) is 3.84. The summed E-state index contributed by atoms with van der Waals surface area (Å²) in [6.07, 6.45) is 2.97. The second-order valence-electron chi connectivity index (χ2n) is 5.10. The van der Waals surface area contributed by atoms with Crippen LogP contribution in [0.25, 0.3) is 0 Å². The Labute approximate surface area is 108 Å². The van der Waals surface area contributed by atoms with E-state index in [1.165, 1.54) is 0 Å². The Hall–Kier alpha value is -1.58. The first kappa shape index (κ1) is 12.9. The zero-order valence-electron chi connectivity index (χ0n) is 11.1. The molecule has 4 nitrogen and oxygen atoms in total. The number of hydrogen-bond donors (Lipinski definition) is 1. The second kappa shape index (κ2) is 5.38. The van der Waals surface area contributed by atoms with Gasteiger partial charge < -0.3 is 10.6 Å². The van der Waals surface area contributed by atoms with Gasteiger partial charge in [-0.1, -0.05) is 13.8 Å². The number of aryl methyl sites for hydroxylation is 1. The molecule has 1 aliphatic heterocycles. The van der Waals surface area contributed by atoms with Crippen LogP contribution >= 0.6 is 0 Å². The maximum atomic E-state index is 12.4. The summed E-state index contributed by atoms with van der Waals surface area (Å²) in [5.41, 5.74) is 7.30. The predicted molar refractivity (Wildman–Crippen MR) is 72.3 cm³/mol. The van der Waals surface area contributed by atoms with Crippen molar-refractivity contribution in [3.8, 4) is 0 Å². The number of amides is 1. The number of anilines is 1. The number of likely N-dealkylation sites (tertiary alicyclic amines) is 1. The zero-order valence-corrected chi connectivity index (χ0v) is 11.1. The minimum Gasteiger partial charge on any atom is -0.384 e. The summed E-state index contributed by atoms with van der Waals surface area (Å²) < 4.78 is 0. The SMILES string of the molecule is CCc1cc(C(=O)N2CCC(C)CC2)cc(N)n1. The molecule has 98 valence electrons. The fraction of sp³-hybridized carbons (Fsp3) is 0.571. The Bertz CT molecular complexity index is 437. The van der Waals surface area contributed by atoms with E-state index in [1.54, 1.807) is 6.07 Å². The first-order valence-corrected chi connectivity index (χ1v) is 6.66. The van der Waals surface area contributed by atoms with Crippen molar-refractivity contribution in [3.05, 3.63) is 23.4 Å².